The molecule has 4 aromatic rings. The van der Waals surface area contributed by atoms with Crippen molar-refractivity contribution < 1.29 is 0 Å². The van der Waals surface area contributed by atoms with Crippen LogP contribution >= 0.6 is 23.1 Å². The molecule has 0 unspecified atom stereocenters. The van der Waals surface area contributed by atoms with Gasteiger partial charge in [-0.25, -0.2) is 9.97 Å². The van der Waals surface area contributed by atoms with E-state index in [9.17, 15) is 4.79 Å². The molecule has 0 amide bonds. The quantitative estimate of drug-likeness (QED) is 0.514. The summed E-state index contributed by atoms with van der Waals surface area (Å²) in [6.45, 7) is 4.22. The molecule has 3 aromatic heterocycles. The fraction of sp³-hybridized carbons (Fsp3) is 0.167. The largest absolute Gasteiger partial charge is 0.295 e. The van der Waals surface area contributed by atoms with E-state index in [-0.39, 0.29) is 5.56 Å². The number of fused-ring (bicyclic) bond motifs is 1. The first-order chi connectivity index (χ1) is 12.1. The van der Waals surface area contributed by atoms with Crippen molar-refractivity contribution in [2.75, 3.05) is 0 Å². The van der Waals surface area contributed by atoms with Gasteiger partial charge in [-0.2, -0.15) is 0 Å². The van der Waals surface area contributed by atoms with Crippen LogP contribution in [0.1, 0.15) is 16.8 Å². The summed E-state index contributed by atoms with van der Waals surface area (Å²) in [6, 6.07) is 7.85. The van der Waals surface area contributed by atoms with E-state index < -0.39 is 0 Å². The normalized spacial score (nSPS) is 11.3. The molecule has 0 radical (unpaired) electrons. The number of hydrogen-bond donors (Lipinski definition) is 0. The van der Waals surface area contributed by atoms with Crippen molar-refractivity contribution in [1.29, 1.82) is 0 Å². The van der Waals surface area contributed by atoms with Crippen molar-refractivity contribution in [3.63, 3.8) is 0 Å². The highest BCUT2D eigenvalue weighted by molar-refractivity contribution is 7.98. The molecule has 0 spiro atoms. The summed E-state index contributed by atoms with van der Waals surface area (Å²) in [5, 5.41) is 2.76. The Hall–Kier alpha value is -2.38. The fourth-order valence-electron chi connectivity index (χ4n) is 2.68. The third-order valence-electron chi connectivity index (χ3n) is 4.15. The number of imidazole rings is 1. The van der Waals surface area contributed by atoms with E-state index in [2.05, 4.69) is 46.6 Å². The van der Waals surface area contributed by atoms with Crippen LogP contribution in [0.15, 0.2) is 58.2 Å². The van der Waals surface area contributed by atoms with Gasteiger partial charge < -0.3 is 0 Å². The van der Waals surface area contributed by atoms with Crippen LogP contribution < -0.4 is 5.56 Å². The summed E-state index contributed by atoms with van der Waals surface area (Å²) in [5.74, 6) is 0.603. The lowest BCUT2D eigenvalue weighted by molar-refractivity contribution is 0.884. The van der Waals surface area contributed by atoms with Crippen molar-refractivity contribution in [2.24, 2.45) is 0 Å². The Bertz CT molecular complexity index is 1110. The predicted octanol–water partition coefficient (Wildman–Crippen LogP) is 3.85. The van der Waals surface area contributed by atoms with Crippen LogP contribution in [-0.2, 0) is 5.75 Å². The Balaban J connectivity index is 1.63. The first-order valence-corrected chi connectivity index (χ1v) is 9.68. The third kappa shape index (κ3) is 3.01. The van der Waals surface area contributed by atoms with E-state index in [1.807, 2.05) is 11.6 Å². The summed E-state index contributed by atoms with van der Waals surface area (Å²) >= 11 is 3.05. The van der Waals surface area contributed by atoms with Gasteiger partial charge in [-0.3, -0.25) is 13.8 Å². The van der Waals surface area contributed by atoms with E-state index in [1.54, 1.807) is 34.6 Å². The van der Waals surface area contributed by atoms with Crippen LogP contribution in [0.2, 0.25) is 0 Å². The second kappa shape index (κ2) is 6.50. The lowest BCUT2D eigenvalue weighted by atomic mass is 10.1. The smallest absolute Gasteiger partial charge is 0.258 e. The van der Waals surface area contributed by atoms with Crippen LogP contribution in [0.3, 0.4) is 0 Å². The molecule has 3 heterocycles. The number of thiazole rings is 1. The van der Waals surface area contributed by atoms with Crippen molar-refractivity contribution in [3.8, 4) is 5.69 Å². The molecule has 0 aliphatic heterocycles. The standard InChI is InChI=1S/C18H16N4OS2/c1-12-4-3-5-15(13(12)2)21-7-6-19-17(21)25-11-14-10-16(23)22-8-9-24-18(22)20-14/h3-10H,11H2,1-2H3. The van der Waals surface area contributed by atoms with Gasteiger partial charge in [-0.1, -0.05) is 23.9 Å². The first kappa shape index (κ1) is 16.1. The molecule has 4 rings (SSSR count). The summed E-state index contributed by atoms with van der Waals surface area (Å²) in [4.78, 5) is 21.8. The zero-order chi connectivity index (χ0) is 17.4. The zero-order valence-corrected chi connectivity index (χ0v) is 15.5. The molecule has 0 saturated carbocycles. The van der Waals surface area contributed by atoms with Gasteiger partial charge in [-0.15, -0.1) is 11.3 Å². The minimum atomic E-state index is -0.0419. The SMILES string of the molecule is Cc1cccc(-n2ccnc2SCc2cc(=O)n3ccsc3n2)c1C. The van der Waals surface area contributed by atoms with Gasteiger partial charge in [0.1, 0.15) is 0 Å². The Morgan fingerprint density at radius 1 is 1.24 bits per heavy atom. The summed E-state index contributed by atoms with van der Waals surface area (Å²) < 4.78 is 3.65. The molecule has 0 fully saturated rings. The van der Waals surface area contributed by atoms with Crippen LogP contribution in [0.5, 0.6) is 0 Å². The molecule has 5 nitrogen and oxygen atoms in total. The molecule has 0 aliphatic carbocycles. The summed E-state index contributed by atoms with van der Waals surface area (Å²) in [7, 11) is 0. The number of benzene rings is 1. The number of nitrogens with zero attached hydrogens (tertiary/aromatic N) is 4. The number of rotatable bonds is 4. The monoisotopic (exact) mass is 368 g/mol. The Labute approximate surface area is 153 Å². The minimum Gasteiger partial charge on any atom is -0.295 e. The highest BCUT2D eigenvalue weighted by atomic mass is 32.2. The molecule has 126 valence electrons. The highest BCUT2D eigenvalue weighted by Gasteiger charge is 2.11. The van der Waals surface area contributed by atoms with Crippen LogP contribution in [-0.4, -0.2) is 18.9 Å². The summed E-state index contributed by atoms with van der Waals surface area (Å²) in [5.41, 5.74) is 4.34. The van der Waals surface area contributed by atoms with Crippen LogP contribution in [0.25, 0.3) is 10.6 Å². The third-order valence-corrected chi connectivity index (χ3v) is 5.90. The molecule has 0 N–H and O–H groups in total. The Kier molecular flexibility index (Phi) is 4.19. The van der Waals surface area contributed by atoms with Gasteiger partial charge in [-0.05, 0) is 31.0 Å². The van der Waals surface area contributed by atoms with E-state index in [4.69, 9.17) is 0 Å². The zero-order valence-electron chi connectivity index (χ0n) is 13.8. The van der Waals surface area contributed by atoms with Crippen molar-refractivity contribution in [3.05, 3.63) is 75.4 Å². The van der Waals surface area contributed by atoms with Crippen LogP contribution in [0.4, 0.5) is 0 Å². The maximum absolute atomic E-state index is 12.1. The number of aromatic nitrogens is 4. The number of thioether (sulfide) groups is 1. The maximum atomic E-state index is 12.1. The van der Waals surface area contributed by atoms with E-state index in [0.29, 0.717) is 5.75 Å². The summed E-state index contributed by atoms with van der Waals surface area (Å²) in [6.07, 6.45) is 5.52. The minimum absolute atomic E-state index is 0.0419. The number of aryl methyl sites for hydroxylation is 1. The Morgan fingerprint density at radius 2 is 2.12 bits per heavy atom. The van der Waals surface area contributed by atoms with Crippen LogP contribution in [0, 0.1) is 13.8 Å². The van der Waals surface area contributed by atoms with E-state index in [1.165, 1.54) is 22.5 Å². The Morgan fingerprint density at radius 3 is 3.00 bits per heavy atom. The molecule has 0 saturated heterocycles. The van der Waals surface area contributed by atoms with Gasteiger partial charge in [0.15, 0.2) is 10.1 Å². The molecule has 7 heteroatoms. The average molecular weight is 368 g/mol. The van der Waals surface area contributed by atoms with Crippen molar-refractivity contribution in [2.45, 2.75) is 24.8 Å². The van der Waals surface area contributed by atoms with Gasteiger partial charge >= 0.3 is 0 Å². The first-order valence-electron chi connectivity index (χ1n) is 7.82. The maximum Gasteiger partial charge on any atom is 0.258 e. The second-order valence-electron chi connectivity index (χ2n) is 5.73. The topological polar surface area (TPSA) is 52.2 Å². The van der Waals surface area contributed by atoms with Gasteiger partial charge in [0.2, 0.25) is 0 Å². The van der Waals surface area contributed by atoms with Gasteiger partial charge in [0.25, 0.3) is 5.56 Å². The fourth-order valence-corrected chi connectivity index (χ4v) is 4.27. The van der Waals surface area contributed by atoms with Crippen molar-refractivity contribution in [1.82, 2.24) is 18.9 Å². The van der Waals surface area contributed by atoms with Crippen molar-refractivity contribution >= 4 is 28.1 Å². The molecule has 0 bridgehead atoms. The predicted molar refractivity (Wildman–Crippen MR) is 102 cm³/mol. The van der Waals surface area contributed by atoms with Gasteiger partial charge in [0, 0.05) is 35.8 Å². The molecular formula is C18H16N4OS2. The van der Waals surface area contributed by atoms with Gasteiger partial charge in [0.05, 0.1) is 11.4 Å². The second-order valence-corrected chi connectivity index (χ2v) is 7.54. The lowest BCUT2D eigenvalue weighted by Gasteiger charge is -2.12. The molecular weight excluding hydrogens is 352 g/mol. The molecule has 1 aromatic carbocycles. The van der Waals surface area contributed by atoms with E-state index in [0.717, 1.165) is 21.5 Å². The molecule has 25 heavy (non-hydrogen) atoms. The number of hydrogen-bond acceptors (Lipinski definition) is 5. The highest BCUT2D eigenvalue weighted by Crippen LogP contribution is 2.26. The average Bonchev–Trinajstić information content (AvgIpc) is 3.24. The molecule has 0 aliphatic rings. The molecule has 0 atom stereocenters. The lowest BCUT2D eigenvalue weighted by Crippen LogP contribution is -2.12. The van der Waals surface area contributed by atoms with E-state index >= 15 is 0 Å².